The quantitative estimate of drug-likeness (QED) is 0.707. The smallest absolute Gasteiger partial charge is 0.275 e. The highest BCUT2D eigenvalue weighted by Gasteiger charge is 2.09. The molecule has 0 amide bonds. The lowest BCUT2D eigenvalue weighted by atomic mass is 10.3. The maximum Gasteiger partial charge on any atom is 0.275 e. The summed E-state index contributed by atoms with van der Waals surface area (Å²) in [7, 11) is 3.24. The van der Waals surface area contributed by atoms with Gasteiger partial charge in [0.15, 0.2) is 0 Å². The Bertz CT molecular complexity index is 548. The van der Waals surface area contributed by atoms with Gasteiger partial charge in [-0.1, -0.05) is 0 Å². The average molecular weight is 385 g/mol. The number of hydrogen-bond acceptors (Lipinski definition) is 2. The van der Waals surface area contributed by atoms with Crippen molar-refractivity contribution in [1.29, 1.82) is 0 Å². The Morgan fingerprint density at radius 1 is 1.57 bits per heavy atom. The van der Waals surface area contributed by atoms with Gasteiger partial charge in [0, 0.05) is 59.6 Å². The number of pyridine rings is 1. The molecule has 0 bridgehead atoms. The highest BCUT2D eigenvalue weighted by Crippen LogP contribution is 2.26. The highest BCUT2D eigenvalue weighted by molar-refractivity contribution is 14.2. The van der Waals surface area contributed by atoms with Crippen LogP contribution in [0.2, 0.25) is 0 Å². The Morgan fingerprint density at radius 3 is 2.93 bits per heavy atom. The molecule has 0 saturated carbocycles. The van der Waals surface area contributed by atoms with Crippen molar-refractivity contribution in [3.63, 3.8) is 0 Å². The van der Waals surface area contributed by atoms with Crippen molar-refractivity contribution in [3.05, 3.63) is 33.3 Å². The SMILES string of the molecule is Cn1cc(Br)c2ccn(SI)c2c1=O. The number of aryl methyl sites for hydroxylation is 1. The van der Waals surface area contributed by atoms with Crippen molar-refractivity contribution < 1.29 is 0 Å². The van der Waals surface area contributed by atoms with E-state index in [4.69, 9.17) is 0 Å². The predicted octanol–water partition coefficient (Wildman–Crippen LogP) is 2.95. The number of rotatable bonds is 1. The van der Waals surface area contributed by atoms with E-state index in [0.29, 0.717) is 0 Å². The molecule has 2 aromatic heterocycles. The van der Waals surface area contributed by atoms with Crippen LogP contribution in [-0.4, -0.2) is 8.54 Å². The summed E-state index contributed by atoms with van der Waals surface area (Å²) < 4.78 is 4.39. The van der Waals surface area contributed by atoms with Gasteiger partial charge in [0.25, 0.3) is 5.56 Å². The predicted molar refractivity (Wildman–Crippen MR) is 71.9 cm³/mol. The Kier molecular flexibility index (Phi) is 2.94. The molecule has 0 atom stereocenters. The van der Waals surface area contributed by atoms with E-state index in [1.807, 2.05) is 16.2 Å². The fourth-order valence-corrected chi connectivity index (χ4v) is 3.30. The monoisotopic (exact) mass is 384 g/mol. The second-order valence-electron chi connectivity index (χ2n) is 2.87. The molecular weight excluding hydrogens is 379 g/mol. The Balaban J connectivity index is 2.99. The van der Waals surface area contributed by atoms with Crippen LogP contribution in [0.25, 0.3) is 10.9 Å². The number of nitrogens with zero attached hydrogens (tertiary/aromatic N) is 2. The van der Waals surface area contributed by atoms with Crippen LogP contribution in [0.15, 0.2) is 27.7 Å². The normalized spacial score (nSPS) is 11.1. The molecule has 0 saturated heterocycles. The Labute approximate surface area is 105 Å². The molecule has 0 aliphatic carbocycles. The van der Waals surface area contributed by atoms with Crippen LogP contribution in [0.1, 0.15) is 0 Å². The molecule has 0 radical (unpaired) electrons. The lowest BCUT2D eigenvalue weighted by Crippen LogP contribution is -2.17. The average Bonchev–Trinajstić information content (AvgIpc) is 2.58. The van der Waals surface area contributed by atoms with Crippen molar-refractivity contribution in [2.75, 3.05) is 0 Å². The largest absolute Gasteiger partial charge is 0.316 e. The van der Waals surface area contributed by atoms with Gasteiger partial charge in [-0.25, -0.2) is 0 Å². The first kappa shape index (κ1) is 10.6. The van der Waals surface area contributed by atoms with Crippen molar-refractivity contribution in [3.8, 4) is 0 Å². The molecule has 0 aliphatic heterocycles. The van der Waals surface area contributed by atoms with E-state index >= 15 is 0 Å². The summed E-state index contributed by atoms with van der Waals surface area (Å²) in [4.78, 5) is 11.8. The van der Waals surface area contributed by atoms with Gasteiger partial charge in [0.1, 0.15) is 5.52 Å². The third kappa shape index (κ3) is 1.53. The van der Waals surface area contributed by atoms with E-state index in [-0.39, 0.29) is 5.56 Å². The summed E-state index contributed by atoms with van der Waals surface area (Å²) in [5.74, 6) is 0. The van der Waals surface area contributed by atoms with Crippen molar-refractivity contribution >= 4 is 57.2 Å². The number of halogens is 2. The lowest BCUT2D eigenvalue weighted by molar-refractivity contribution is 0.865. The Morgan fingerprint density at radius 2 is 2.29 bits per heavy atom. The standard InChI is InChI=1S/C8H6BrIN2OS/c1-11-4-6(9)5-2-3-12(14-10)7(5)8(11)13/h2-4H,1H3. The van der Waals surface area contributed by atoms with Gasteiger partial charge < -0.3 is 4.57 Å². The van der Waals surface area contributed by atoms with Crippen LogP contribution >= 0.6 is 46.3 Å². The lowest BCUT2D eigenvalue weighted by Gasteiger charge is -2.02. The summed E-state index contributed by atoms with van der Waals surface area (Å²) in [6.07, 6.45) is 3.68. The minimum atomic E-state index is 0.0253. The van der Waals surface area contributed by atoms with Crippen molar-refractivity contribution in [2.24, 2.45) is 7.05 Å². The number of fused-ring (bicyclic) bond motifs is 1. The van der Waals surface area contributed by atoms with Gasteiger partial charge in [-0.3, -0.25) is 8.77 Å². The van der Waals surface area contributed by atoms with Crippen molar-refractivity contribution in [1.82, 2.24) is 8.54 Å². The molecule has 0 fully saturated rings. The topological polar surface area (TPSA) is 26.9 Å². The number of hydrogen-bond donors (Lipinski definition) is 0. The second kappa shape index (κ2) is 3.90. The van der Waals surface area contributed by atoms with Gasteiger partial charge in [-0.05, 0) is 22.0 Å². The van der Waals surface area contributed by atoms with Crippen LogP contribution in [-0.2, 0) is 7.05 Å². The third-order valence-corrected chi connectivity index (χ3v) is 4.37. The first-order valence-electron chi connectivity index (χ1n) is 3.80. The van der Waals surface area contributed by atoms with Gasteiger partial charge in [-0.15, -0.1) is 0 Å². The van der Waals surface area contributed by atoms with Gasteiger partial charge in [0.05, 0.1) is 0 Å². The minimum Gasteiger partial charge on any atom is -0.316 e. The maximum absolute atomic E-state index is 11.8. The minimum absolute atomic E-state index is 0.0253. The third-order valence-electron chi connectivity index (χ3n) is 2.01. The molecule has 3 nitrogen and oxygen atoms in total. The molecule has 2 aromatic rings. The first-order valence-corrected chi connectivity index (χ1v) is 7.91. The van der Waals surface area contributed by atoms with Crippen LogP contribution in [0.4, 0.5) is 0 Å². The molecule has 74 valence electrons. The van der Waals surface area contributed by atoms with Gasteiger partial charge >= 0.3 is 0 Å². The highest BCUT2D eigenvalue weighted by atomic mass is 127. The molecule has 6 heteroatoms. The van der Waals surface area contributed by atoms with Crippen LogP contribution in [0.5, 0.6) is 0 Å². The van der Waals surface area contributed by atoms with E-state index in [1.165, 1.54) is 9.12 Å². The van der Waals surface area contributed by atoms with E-state index in [0.717, 1.165) is 15.4 Å². The Hall–Kier alpha value is 0.0500. The maximum atomic E-state index is 11.8. The van der Waals surface area contributed by atoms with Crippen LogP contribution in [0, 0.1) is 0 Å². The number of aromatic nitrogens is 2. The molecule has 2 heterocycles. The molecule has 14 heavy (non-hydrogen) atoms. The summed E-state index contributed by atoms with van der Waals surface area (Å²) in [6.45, 7) is 0. The zero-order valence-electron chi connectivity index (χ0n) is 7.20. The van der Waals surface area contributed by atoms with Crippen LogP contribution < -0.4 is 5.56 Å². The summed E-state index contributed by atoms with van der Waals surface area (Å²) in [5.41, 5.74) is 0.749. The fraction of sp³-hybridized carbons (Fsp3) is 0.125. The molecule has 0 N–H and O–H groups in total. The second-order valence-corrected chi connectivity index (χ2v) is 5.43. The van der Waals surface area contributed by atoms with Crippen LogP contribution in [0.3, 0.4) is 0 Å². The molecular formula is C8H6BrIN2OS. The molecule has 2 rings (SSSR count). The molecule has 0 unspecified atom stereocenters. The zero-order valence-corrected chi connectivity index (χ0v) is 11.8. The van der Waals surface area contributed by atoms with Gasteiger partial charge in [0.2, 0.25) is 0 Å². The fourth-order valence-electron chi connectivity index (χ4n) is 1.34. The summed E-state index contributed by atoms with van der Waals surface area (Å²) >= 11 is 5.59. The molecule has 0 spiro atoms. The molecule has 0 aromatic carbocycles. The summed E-state index contributed by atoms with van der Waals surface area (Å²) in [6, 6.07) is 1.94. The summed E-state index contributed by atoms with van der Waals surface area (Å²) in [5, 5.41) is 0.956. The zero-order chi connectivity index (χ0) is 10.3. The van der Waals surface area contributed by atoms with E-state index in [2.05, 4.69) is 37.1 Å². The first-order chi connectivity index (χ1) is 6.65. The van der Waals surface area contributed by atoms with E-state index in [1.54, 1.807) is 17.8 Å². The van der Waals surface area contributed by atoms with E-state index in [9.17, 15) is 4.79 Å². The van der Waals surface area contributed by atoms with Crippen molar-refractivity contribution in [2.45, 2.75) is 0 Å². The molecule has 0 aliphatic rings. The van der Waals surface area contributed by atoms with Gasteiger partial charge in [-0.2, -0.15) is 0 Å². The van der Waals surface area contributed by atoms with E-state index < -0.39 is 0 Å².